The summed E-state index contributed by atoms with van der Waals surface area (Å²) in [6.07, 6.45) is 7.79. The van der Waals surface area contributed by atoms with Gasteiger partial charge in [-0.25, -0.2) is 0 Å². The van der Waals surface area contributed by atoms with Crippen molar-refractivity contribution in [3.8, 4) is 5.75 Å². The van der Waals surface area contributed by atoms with E-state index in [-0.39, 0.29) is 35.5 Å². The molecule has 3 aliphatic rings. The Labute approximate surface area is 190 Å². The first-order valence-corrected chi connectivity index (χ1v) is 11.8. The average molecular weight is 439 g/mol. The van der Waals surface area contributed by atoms with E-state index in [1.165, 1.54) is 10.5 Å². The second kappa shape index (κ2) is 10.2. The van der Waals surface area contributed by atoms with Crippen molar-refractivity contribution in [3.63, 3.8) is 0 Å². The number of nitrogens with zero attached hydrogens (tertiary/aromatic N) is 2. The Morgan fingerprint density at radius 1 is 1.12 bits per heavy atom. The van der Waals surface area contributed by atoms with Gasteiger partial charge in [0.1, 0.15) is 5.75 Å². The molecule has 2 amide bonds. The van der Waals surface area contributed by atoms with Crippen LogP contribution in [0, 0.1) is 23.7 Å². The van der Waals surface area contributed by atoms with Crippen LogP contribution in [0.5, 0.6) is 5.75 Å². The van der Waals surface area contributed by atoms with Gasteiger partial charge >= 0.3 is 0 Å². The van der Waals surface area contributed by atoms with E-state index in [4.69, 9.17) is 4.74 Å². The summed E-state index contributed by atoms with van der Waals surface area (Å²) in [5.41, 5.74) is 1.21. The zero-order chi connectivity index (χ0) is 22.5. The third kappa shape index (κ3) is 4.66. The van der Waals surface area contributed by atoms with E-state index in [9.17, 15) is 9.59 Å². The minimum atomic E-state index is -0.106. The van der Waals surface area contributed by atoms with Crippen LogP contribution in [0.25, 0.3) is 0 Å². The Bertz CT molecular complexity index is 867. The van der Waals surface area contributed by atoms with Crippen LogP contribution in [0.1, 0.15) is 31.7 Å². The number of guanidine groups is 1. The van der Waals surface area contributed by atoms with Crippen LogP contribution in [0.4, 0.5) is 0 Å². The number of carbonyl (C=O) groups excluding carboxylic acids is 2. The molecule has 7 heteroatoms. The summed E-state index contributed by atoms with van der Waals surface area (Å²) in [4.78, 5) is 31.2. The predicted molar refractivity (Wildman–Crippen MR) is 124 cm³/mol. The van der Waals surface area contributed by atoms with Crippen LogP contribution in [0.2, 0.25) is 0 Å². The summed E-state index contributed by atoms with van der Waals surface area (Å²) in [7, 11) is 1.74. The van der Waals surface area contributed by atoms with Gasteiger partial charge < -0.3 is 15.4 Å². The fourth-order valence-electron chi connectivity index (χ4n) is 5.18. The summed E-state index contributed by atoms with van der Waals surface area (Å²) < 4.78 is 5.69. The molecule has 1 saturated carbocycles. The van der Waals surface area contributed by atoms with Crippen LogP contribution in [-0.4, -0.2) is 56.0 Å². The SMILES string of the molecule is CCCOc1cccc(CCNC(=NC)NCCCN2C(=O)C3C4C=CC(C4)C3C2=O)c1. The van der Waals surface area contributed by atoms with Gasteiger partial charge in [-0.2, -0.15) is 0 Å². The van der Waals surface area contributed by atoms with Crippen molar-refractivity contribution in [1.82, 2.24) is 15.5 Å². The third-order valence-electron chi connectivity index (χ3n) is 6.71. The van der Waals surface area contributed by atoms with Crippen molar-refractivity contribution in [2.24, 2.45) is 28.7 Å². The van der Waals surface area contributed by atoms with Gasteiger partial charge in [-0.05, 0) is 55.2 Å². The molecule has 1 aromatic carbocycles. The van der Waals surface area contributed by atoms with E-state index in [1.54, 1.807) is 7.05 Å². The normalized spacial score (nSPS) is 26.1. The zero-order valence-corrected chi connectivity index (χ0v) is 19.0. The molecule has 1 heterocycles. The Hall–Kier alpha value is -2.83. The molecule has 0 aromatic heterocycles. The maximum absolute atomic E-state index is 12.7. The van der Waals surface area contributed by atoms with E-state index < -0.39 is 0 Å². The molecule has 7 nitrogen and oxygen atoms in total. The molecule has 2 bridgehead atoms. The summed E-state index contributed by atoms with van der Waals surface area (Å²) in [5, 5.41) is 6.60. The van der Waals surface area contributed by atoms with E-state index in [1.807, 2.05) is 12.1 Å². The first-order valence-electron chi connectivity index (χ1n) is 11.8. The number of benzene rings is 1. The first kappa shape index (κ1) is 22.4. The number of hydrogen-bond donors (Lipinski definition) is 2. The van der Waals surface area contributed by atoms with Gasteiger partial charge in [-0.1, -0.05) is 31.2 Å². The number of fused-ring (bicyclic) bond motifs is 5. The number of amides is 2. The monoisotopic (exact) mass is 438 g/mol. The van der Waals surface area contributed by atoms with E-state index in [2.05, 4.69) is 46.8 Å². The topological polar surface area (TPSA) is 83.0 Å². The van der Waals surface area contributed by atoms with Crippen molar-refractivity contribution in [3.05, 3.63) is 42.0 Å². The number of nitrogens with one attached hydrogen (secondary N) is 2. The molecule has 0 spiro atoms. The Balaban J connectivity index is 1.16. The third-order valence-corrected chi connectivity index (χ3v) is 6.71. The minimum absolute atomic E-state index is 0.0319. The van der Waals surface area contributed by atoms with Crippen molar-refractivity contribution in [2.45, 2.75) is 32.6 Å². The van der Waals surface area contributed by atoms with Crippen LogP contribution in [-0.2, 0) is 16.0 Å². The van der Waals surface area contributed by atoms with Crippen molar-refractivity contribution < 1.29 is 14.3 Å². The van der Waals surface area contributed by atoms with Crippen molar-refractivity contribution in [1.29, 1.82) is 0 Å². The Kier molecular flexibility index (Phi) is 7.12. The highest BCUT2D eigenvalue weighted by atomic mass is 16.5. The molecule has 4 unspecified atom stereocenters. The van der Waals surface area contributed by atoms with Gasteiger partial charge in [-0.3, -0.25) is 19.5 Å². The largest absolute Gasteiger partial charge is 0.494 e. The highest BCUT2D eigenvalue weighted by molar-refractivity contribution is 6.06. The van der Waals surface area contributed by atoms with E-state index in [0.29, 0.717) is 19.5 Å². The second-order valence-electron chi connectivity index (χ2n) is 8.85. The number of allylic oxidation sites excluding steroid dienone is 2. The van der Waals surface area contributed by atoms with Gasteiger partial charge in [0.05, 0.1) is 18.4 Å². The van der Waals surface area contributed by atoms with Gasteiger partial charge in [0.15, 0.2) is 5.96 Å². The predicted octanol–water partition coefficient (Wildman–Crippen LogP) is 2.38. The van der Waals surface area contributed by atoms with Gasteiger partial charge in [-0.15, -0.1) is 0 Å². The molecule has 172 valence electrons. The Morgan fingerprint density at radius 2 is 1.84 bits per heavy atom. The molecule has 32 heavy (non-hydrogen) atoms. The lowest BCUT2D eigenvalue weighted by atomic mass is 9.85. The molecule has 4 atom stereocenters. The molecular formula is C25H34N4O3. The molecule has 2 N–H and O–H groups in total. The molecule has 4 rings (SSSR count). The number of imide groups is 1. The lowest BCUT2D eigenvalue weighted by molar-refractivity contribution is -0.140. The van der Waals surface area contributed by atoms with Gasteiger partial charge in [0.2, 0.25) is 11.8 Å². The number of rotatable bonds is 10. The maximum Gasteiger partial charge on any atom is 0.233 e. The van der Waals surface area contributed by atoms with Crippen LogP contribution in [0.15, 0.2) is 41.4 Å². The minimum Gasteiger partial charge on any atom is -0.494 e. The highest BCUT2D eigenvalue weighted by Crippen LogP contribution is 2.52. The summed E-state index contributed by atoms with van der Waals surface area (Å²) in [6, 6.07) is 8.17. The molecule has 1 aromatic rings. The zero-order valence-electron chi connectivity index (χ0n) is 19.0. The number of ether oxygens (including phenoxy) is 1. The first-order chi connectivity index (χ1) is 15.6. The fraction of sp³-hybridized carbons (Fsp3) is 0.560. The lowest BCUT2D eigenvalue weighted by Crippen LogP contribution is -2.40. The van der Waals surface area contributed by atoms with E-state index >= 15 is 0 Å². The van der Waals surface area contributed by atoms with Crippen molar-refractivity contribution >= 4 is 17.8 Å². The quantitative estimate of drug-likeness (QED) is 0.193. The number of hydrogen-bond acceptors (Lipinski definition) is 4. The molecule has 1 saturated heterocycles. The molecule has 2 aliphatic carbocycles. The van der Waals surface area contributed by atoms with Crippen molar-refractivity contribution in [2.75, 3.05) is 33.3 Å². The smallest absolute Gasteiger partial charge is 0.233 e. The number of likely N-dealkylation sites (tertiary alicyclic amines) is 1. The highest BCUT2D eigenvalue weighted by Gasteiger charge is 2.58. The van der Waals surface area contributed by atoms with Gasteiger partial charge in [0, 0.05) is 26.7 Å². The summed E-state index contributed by atoms with van der Waals surface area (Å²) in [5.74, 6) is 2.02. The number of aliphatic imine (C=N–C) groups is 1. The fourth-order valence-corrected chi connectivity index (χ4v) is 5.18. The van der Waals surface area contributed by atoms with Gasteiger partial charge in [0.25, 0.3) is 0 Å². The molecule has 2 fully saturated rings. The maximum atomic E-state index is 12.7. The summed E-state index contributed by atoms with van der Waals surface area (Å²) in [6.45, 7) is 4.70. The van der Waals surface area contributed by atoms with E-state index in [0.717, 1.165) is 44.1 Å². The van der Waals surface area contributed by atoms with Crippen LogP contribution < -0.4 is 15.4 Å². The second-order valence-corrected chi connectivity index (χ2v) is 8.85. The standard InChI is InChI=1S/C25H34N4O3/c1-3-14-32-20-7-4-6-17(15-20)10-12-28-25(26-2)27-11-5-13-29-23(30)21-18-8-9-19(16-18)22(21)24(29)31/h4,6-9,15,18-19,21-22H,3,5,10-14,16H2,1-2H3,(H2,26,27,28). The molecule has 0 radical (unpaired) electrons. The molecular weight excluding hydrogens is 404 g/mol. The Morgan fingerprint density at radius 3 is 2.53 bits per heavy atom. The van der Waals surface area contributed by atoms with Crippen LogP contribution >= 0.6 is 0 Å². The average Bonchev–Trinajstić information content (AvgIpc) is 3.49. The van der Waals surface area contributed by atoms with Crippen LogP contribution in [0.3, 0.4) is 0 Å². The number of carbonyl (C=O) groups is 2. The molecule has 1 aliphatic heterocycles. The summed E-state index contributed by atoms with van der Waals surface area (Å²) >= 11 is 0. The lowest BCUT2D eigenvalue weighted by Gasteiger charge is -2.18.